The fourth-order valence-electron chi connectivity index (χ4n) is 4.92. The van der Waals surface area contributed by atoms with Gasteiger partial charge in [0.15, 0.2) is 5.79 Å². The number of carbonyl (C=O) groups excluding carboxylic acids is 1. The quantitative estimate of drug-likeness (QED) is 0.375. The molecule has 38 heavy (non-hydrogen) atoms. The number of amides is 1. The summed E-state index contributed by atoms with van der Waals surface area (Å²) >= 11 is 0. The number of hydrogen-bond acceptors (Lipinski definition) is 7. The minimum atomic E-state index is -1.03. The molecule has 1 aliphatic heterocycles. The Bertz CT molecular complexity index is 962. The Morgan fingerprint density at radius 3 is 2.08 bits per heavy atom. The third kappa shape index (κ3) is 7.85. The van der Waals surface area contributed by atoms with E-state index in [0.717, 1.165) is 24.2 Å². The van der Waals surface area contributed by atoms with Crippen molar-refractivity contribution < 1.29 is 23.7 Å². The van der Waals surface area contributed by atoms with Crippen LogP contribution in [0.15, 0.2) is 59.8 Å². The van der Waals surface area contributed by atoms with E-state index in [4.69, 9.17) is 18.9 Å². The first-order valence-electron chi connectivity index (χ1n) is 13.0. The van der Waals surface area contributed by atoms with Crippen LogP contribution in [0, 0.1) is 4.91 Å². The van der Waals surface area contributed by atoms with Crippen molar-refractivity contribution >= 4 is 5.91 Å². The number of methoxy groups -OCH3 is 1. The van der Waals surface area contributed by atoms with Gasteiger partial charge in [-0.15, -0.1) is 0 Å². The molecule has 1 saturated carbocycles. The van der Waals surface area contributed by atoms with Gasteiger partial charge in [-0.3, -0.25) is 4.79 Å². The van der Waals surface area contributed by atoms with Gasteiger partial charge >= 0.3 is 0 Å². The van der Waals surface area contributed by atoms with E-state index >= 15 is 0 Å². The molecule has 8 heteroatoms. The van der Waals surface area contributed by atoms with Crippen LogP contribution in [-0.4, -0.2) is 63.2 Å². The van der Waals surface area contributed by atoms with Gasteiger partial charge in [-0.25, -0.2) is 0 Å². The molecule has 1 unspecified atom stereocenters. The van der Waals surface area contributed by atoms with E-state index in [9.17, 15) is 9.70 Å². The summed E-state index contributed by atoms with van der Waals surface area (Å²) in [7, 11) is 5.13. The molecule has 0 radical (unpaired) electrons. The Morgan fingerprint density at radius 1 is 1.00 bits per heavy atom. The highest BCUT2D eigenvalue weighted by atomic mass is 16.7. The van der Waals surface area contributed by atoms with Crippen LogP contribution in [0.2, 0.25) is 0 Å². The van der Waals surface area contributed by atoms with E-state index in [2.05, 4.69) is 12.1 Å². The van der Waals surface area contributed by atoms with Crippen molar-refractivity contribution in [2.45, 2.75) is 70.3 Å². The second kappa shape index (κ2) is 15.0. The molecule has 0 aromatic heterocycles. The maximum atomic E-state index is 13.2. The second-order valence-electron chi connectivity index (χ2n) is 9.80. The lowest BCUT2D eigenvalue weighted by atomic mass is 9.68. The molecule has 1 saturated heterocycles. The van der Waals surface area contributed by atoms with Crippen molar-refractivity contribution in [1.82, 2.24) is 4.90 Å². The normalized spacial score (nSPS) is 17.9. The summed E-state index contributed by atoms with van der Waals surface area (Å²) in [5, 5.41) is 3.57. The first-order valence-corrected chi connectivity index (χ1v) is 13.0. The molecule has 2 aliphatic rings. The van der Waals surface area contributed by atoms with E-state index in [1.54, 1.807) is 21.2 Å². The van der Waals surface area contributed by atoms with E-state index in [0.29, 0.717) is 51.3 Å². The number of carbonyl (C=O) groups is 1. The van der Waals surface area contributed by atoms with E-state index in [1.807, 2.05) is 54.6 Å². The van der Waals surface area contributed by atoms with Gasteiger partial charge in [0, 0.05) is 40.7 Å². The van der Waals surface area contributed by atoms with Crippen molar-refractivity contribution in [3.63, 3.8) is 0 Å². The molecule has 8 nitrogen and oxygen atoms in total. The van der Waals surface area contributed by atoms with Crippen LogP contribution < -0.4 is 4.74 Å². The Hall–Kier alpha value is -2.81. The van der Waals surface area contributed by atoms with E-state index in [-0.39, 0.29) is 13.3 Å². The van der Waals surface area contributed by atoms with Crippen molar-refractivity contribution in [2.24, 2.45) is 5.18 Å². The van der Waals surface area contributed by atoms with Crippen LogP contribution in [0.3, 0.4) is 0 Å². The molecular weight excluding hydrogens is 484 g/mol. The van der Waals surface area contributed by atoms with E-state index in [1.165, 1.54) is 4.90 Å². The molecule has 210 valence electrons. The highest BCUT2D eigenvalue weighted by molar-refractivity contribution is 5.85. The highest BCUT2D eigenvalue weighted by Gasteiger charge is 2.53. The molecule has 2 fully saturated rings. The number of likely N-dealkylation sites (N-methyl/N-ethyl adjacent to an activating group) is 1. The lowest BCUT2D eigenvalue weighted by molar-refractivity contribution is -0.186. The van der Waals surface area contributed by atoms with Gasteiger partial charge in [-0.1, -0.05) is 62.0 Å². The summed E-state index contributed by atoms with van der Waals surface area (Å²) in [6.07, 6.45) is 3.10. The SMILES string of the molecule is C.CCCOC.CN(C)C(=O)C(c1ccc(OCc2ccccc2)cc1)C1(N=O)CCC2(CC1)OCCO2. The Kier molecular flexibility index (Phi) is 12.4. The van der Waals surface area contributed by atoms with Crippen molar-refractivity contribution in [3.05, 3.63) is 70.6 Å². The van der Waals surface area contributed by atoms with Crippen LogP contribution in [0.25, 0.3) is 0 Å². The standard InChI is InChI=1S/C25H30N2O5.C4H10O.CH4/c1-27(2)23(28)22(24(26-29)12-14-25(15-13-24)31-16-17-32-25)20-8-10-21(11-9-20)30-18-19-6-4-3-5-7-19;1-3-4-5-2;/h3-11,22H,12-18H2,1-2H3;3-4H2,1-2H3;1H4. The van der Waals surface area contributed by atoms with Crippen LogP contribution in [0.5, 0.6) is 5.75 Å². The molecule has 1 atom stereocenters. The van der Waals surface area contributed by atoms with Gasteiger partial charge < -0.3 is 23.8 Å². The maximum Gasteiger partial charge on any atom is 0.232 e. The summed E-state index contributed by atoms with van der Waals surface area (Å²) in [4.78, 5) is 27.0. The van der Waals surface area contributed by atoms with Crippen LogP contribution in [0.4, 0.5) is 0 Å². The number of nitrogens with zero attached hydrogens (tertiary/aromatic N) is 2. The summed E-state index contributed by atoms with van der Waals surface area (Å²) in [5.74, 6) is -0.726. The summed E-state index contributed by atoms with van der Waals surface area (Å²) in [5.41, 5.74) is 0.808. The third-order valence-corrected chi connectivity index (χ3v) is 6.97. The lowest BCUT2D eigenvalue weighted by Gasteiger charge is -2.43. The van der Waals surface area contributed by atoms with Gasteiger partial charge in [-0.05, 0) is 42.5 Å². The van der Waals surface area contributed by atoms with Crippen LogP contribution in [-0.2, 0) is 25.6 Å². The Morgan fingerprint density at radius 2 is 1.61 bits per heavy atom. The molecule has 4 rings (SSSR count). The molecule has 2 aromatic carbocycles. The number of ether oxygens (including phenoxy) is 4. The molecule has 1 heterocycles. The summed E-state index contributed by atoms with van der Waals surface area (Å²) < 4.78 is 22.2. The topological polar surface area (TPSA) is 86.7 Å². The van der Waals surface area contributed by atoms with Crippen molar-refractivity contribution in [2.75, 3.05) is 41.0 Å². The monoisotopic (exact) mass is 528 g/mol. The minimum absolute atomic E-state index is 0. The second-order valence-corrected chi connectivity index (χ2v) is 9.80. The average Bonchev–Trinajstić information content (AvgIpc) is 3.39. The van der Waals surface area contributed by atoms with Gasteiger partial charge in [0.25, 0.3) is 0 Å². The molecule has 1 spiro atoms. The summed E-state index contributed by atoms with van der Waals surface area (Å²) in [6.45, 7) is 4.56. The van der Waals surface area contributed by atoms with Crippen LogP contribution in [0.1, 0.15) is 63.5 Å². The molecule has 2 aromatic rings. The first kappa shape index (κ1) is 31.4. The van der Waals surface area contributed by atoms with Gasteiger partial charge in [0.05, 0.1) is 19.1 Å². The lowest BCUT2D eigenvalue weighted by Crippen LogP contribution is -2.49. The van der Waals surface area contributed by atoms with Gasteiger partial charge in [0.1, 0.15) is 17.9 Å². The Labute approximate surface area is 227 Å². The van der Waals surface area contributed by atoms with Gasteiger partial charge in [-0.2, -0.15) is 4.91 Å². The number of benzene rings is 2. The van der Waals surface area contributed by atoms with Crippen molar-refractivity contribution in [3.8, 4) is 5.75 Å². The molecule has 0 bridgehead atoms. The largest absolute Gasteiger partial charge is 0.489 e. The zero-order chi connectivity index (χ0) is 26.7. The number of rotatable bonds is 9. The number of nitroso groups, excluding NO2 is 1. The molecule has 1 amide bonds. The predicted octanol–water partition coefficient (Wildman–Crippen LogP) is 5.94. The maximum absolute atomic E-state index is 13.2. The number of hydrogen-bond donors (Lipinski definition) is 0. The predicted molar refractivity (Wildman–Crippen MR) is 149 cm³/mol. The molecular formula is C30H44N2O6. The summed E-state index contributed by atoms with van der Waals surface area (Å²) in [6, 6.07) is 17.4. The van der Waals surface area contributed by atoms with E-state index < -0.39 is 17.2 Å². The zero-order valence-corrected chi connectivity index (χ0v) is 22.5. The first-order chi connectivity index (χ1) is 17.9. The average molecular weight is 529 g/mol. The van der Waals surface area contributed by atoms with Crippen molar-refractivity contribution in [1.29, 1.82) is 0 Å². The molecule has 0 N–H and O–H groups in total. The fourth-order valence-corrected chi connectivity index (χ4v) is 4.92. The third-order valence-electron chi connectivity index (χ3n) is 6.97. The molecule has 1 aliphatic carbocycles. The highest BCUT2D eigenvalue weighted by Crippen LogP contribution is 2.49. The Balaban J connectivity index is 0.000000774. The minimum Gasteiger partial charge on any atom is -0.489 e. The smallest absolute Gasteiger partial charge is 0.232 e. The fraction of sp³-hybridized carbons (Fsp3) is 0.567. The van der Waals surface area contributed by atoms with Crippen LogP contribution >= 0.6 is 0 Å². The van der Waals surface area contributed by atoms with Gasteiger partial charge in [0.2, 0.25) is 5.91 Å². The zero-order valence-electron chi connectivity index (χ0n) is 22.5.